The van der Waals surface area contributed by atoms with Gasteiger partial charge in [-0.1, -0.05) is 30.3 Å². The maximum atomic E-state index is 10.9. The van der Waals surface area contributed by atoms with E-state index < -0.39 is 18.0 Å². The van der Waals surface area contributed by atoms with E-state index in [0.717, 1.165) is 0 Å². The zero-order chi connectivity index (χ0) is 16.0. The number of hydrogen-bond acceptors (Lipinski definition) is 5. The Kier molecular flexibility index (Phi) is 3.77. The second-order valence-electron chi connectivity index (χ2n) is 6.30. The van der Waals surface area contributed by atoms with Crippen molar-refractivity contribution in [3.05, 3.63) is 47.7 Å². The number of aliphatic hydroxyl groups is 2. The molecule has 22 heavy (non-hydrogen) atoms. The highest BCUT2D eigenvalue weighted by molar-refractivity contribution is 5.32. The summed E-state index contributed by atoms with van der Waals surface area (Å²) >= 11 is 0. The van der Waals surface area contributed by atoms with Gasteiger partial charge in [-0.25, -0.2) is 0 Å². The minimum Gasteiger partial charge on any atom is -0.489 e. The van der Waals surface area contributed by atoms with Crippen molar-refractivity contribution in [2.75, 3.05) is 6.61 Å². The van der Waals surface area contributed by atoms with Crippen molar-refractivity contribution < 1.29 is 24.4 Å². The second kappa shape index (κ2) is 5.35. The maximum absolute atomic E-state index is 10.9. The molecule has 2 heterocycles. The molecule has 0 bridgehead atoms. The SMILES string of the molecule is C[C@H]1OC([C@@](O)(CO)c2ccccc2)=C[C@@H]2OC(C)(C)O[C@@H]21. The van der Waals surface area contributed by atoms with E-state index in [4.69, 9.17) is 14.2 Å². The third kappa shape index (κ3) is 2.54. The molecular formula is C17H22O5. The van der Waals surface area contributed by atoms with E-state index in [0.29, 0.717) is 11.3 Å². The van der Waals surface area contributed by atoms with Crippen molar-refractivity contribution >= 4 is 0 Å². The van der Waals surface area contributed by atoms with E-state index >= 15 is 0 Å². The summed E-state index contributed by atoms with van der Waals surface area (Å²) in [6.07, 6.45) is 0.893. The van der Waals surface area contributed by atoms with Gasteiger partial charge >= 0.3 is 0 Å². The lowest BCUT2D eigenvalue weighted by Crippen LogP contribution is -2.44. The molecule has 4 atom stereocenters. The third-order valence-corrected chi connectivity index (χ3v) is 4.14. The molecule has 1 saturated heterocycles. The molecule has 5 nitrogen and oxygen atoms in total. The maximum Gasteiger partial charge on any atom is 0.169 e. The minimum atomic E-state index is -1.59. The first kappa shape index (κ1) is 15.5. The molecule has 3 rings (SSSR count). The number of aliphatic hydroxyl groups excluding tert-OH is 1. The second-order valence-corrected chi connectivity index (χ2v) is 6.30. The molecule has 2 N–H and O–H groups in total. The summed E-state index contributed by atoms with van der Waals surface area (Å²) in [6.45, 7) is 5.09. The largest absolute Gasteiger partial charge is 0.489 e. The van der Waals surface area contributed by atoms with Crippen molar-refractivity contribution in [2.45, 2.75) is 50.5 Å². The predicted octanol–water partition coefficient (Wildman–Crippen LogP) is 1.69. The topological polar surface area (TPSA) is 68.2 Å². The van der Waals surface area contributed by atoms with Crippen LogP contribution in [0.25, 0.3) is 0 Å². The highest BCUT2D eigenvalue weighted by atomic mass is 16.8. The smallest absolute Gasteiger partial charge is 0.169 e. The van der Waals surface area contributed by atoms with E-state index in [9.17, 15) is 10.2 Å². The lowest BCUT2D eigenvalue weighted by atomic mass is 9.89. The van der Waals surface area contributed by atoms with Gasteiger partial charge in [0, 0.05) is 0 Å². The molecule has 0 unspecified atom stereocenters. The van der Waals surface area contributed by atoms with Gasteiger partial charge in [-0.15, -0.1) is 0 Å². The Morgan fingerprint density at radius 3 is 2.50 bits per heavy atom. The monoisotopic (exact) mass is 306 g/mol. The fourth-order valence-electron chi connectivity index (χ4n) is 3.03. The van der Waals surface area contributed by atoms with E-state index in [1.54, 1.807) is 18.2 Å². The molecule has 0 amide bonds. The zero-order valence-electron chi connectivity index (χ0n) is 13.0. The quantitative estimate of drug-likeness (QED) is 0.889. The van der Waals surface area contributed by atoms with Crippen LogP contribution in [0.3, 0.4) is 0 Å². The summed E-state index contributed by atoms with van der Waals surface area (Å²) in [6, 6.07) is 8.99. The molecule has 0 aliphatic carbocycles. The van der Waals surface area contributed by atoms with Crippen LogP contribution in [0.4, 0.5) is 0 Å². The number of hydrogen-bond donors (Lipinski definition) is 2. The average molecular weight is 306 g/mol. The Hall–Kier alpha value is -1.40. The Morgan fingerprint density at radius 2 is 1.86 bits per heavy atom. The molecule has 0 spiro atoms. The highest BCUT2D eigenvalue weighted by Crippen LogP contribution is 2.40. The predicted molar refractivity (Wildman–Crippen MR) is 79.9 cm³/mol. The molecule has 1 aromatic carbocycles. The van der Waals surface area contributed by atoms with E-state index in [-0.39, 0.29) is 18.3 Å². The van der Waals surface area contributed by atoms with Crippen LogP contribution in [0, 0.1) is 0 Å². The number of fused-ring (bicyclic) bond motifs is 1. The molecular weight excluding hydrogens is 284 g/mol. The van der Waals surface area contributed by atoms with Gasteiger partial charge in [-0.05, 0) is 32.4 Å². The Balaban J connectivity index is 1.97. The van der Waals surface area contributed by atoms with Crippen molar-refractivity contribution in [3.63, 3.8) is 0 Å². The van der Waals surface area contributed by atoms with Crippen molar-refractivity contribution in [3.8, 4) is 0 Å². The van der Waals surface area contributed by atoms with Crippen LogP contribution in [-0.2, 0) is 19.8 Å². The van der Waals surface area contributed by atoms with Gasteiger partial charge in [-0.3, -0.25) is 0 Å². The molecule has 1 aromatic rings. The van der Waals surface area contributed by atoms with Crippen molar-refractivity contribution in [2.24, 2.45) is 0 Å². The van der Waals surface area contributed by atoms with E-state index in [2.05, 4.69) is 0 Å². The highest BCUT2D eigenvalue weighted by Gasteiger charge is 2.49. The van der Waals surface area contributed by atoms with Crippen LogP contribution >= 0.6 is 0 Å². The lowest BCUT2D eigenvalue weighted by molar-refractivity contribution is -0.154. The number of ether oxygens (including phenoxy) is 3. The molecule has 0 aromatic heterocycles. The third-order valence-electron chi connectivity index (χ3n) is 4.14. The first-order valence-corrected chi connectivity index (χ1v) is 7.49. The molecule has 5 heteroatoms. The van der Waals surface area contributed by atoms with Crippen LogP contribution in [-0.4, -0.2) is 40.9 Å². The zero-order valence-corrected chi connectivity index (χ0v) is 13.0. The summed E-state index contributed by atoms with van der Waals surface area (Å²) in [4.78, 5) is 0. The Labute approximate surface area is 130 Å². The van der Waals surface area contributed by atoms with E-state index in [1.807, 2.05) is 39.0 Å². The molecule has 120 valence electrons. The fourth-order valence-corrected chi connectivity index (χ4v) is 3.03. The van der Waals surface area contributed by atoms with Crippen LogP contribution < -0.4 is 0 Å². The summed E-state index contributed by atoms with van der Waals surface area (Å²) in [5, 5.41) is 20.7. The Morgan fingerprint density at radius 1 is 1.18 bits per heavy atom. The Bertz CT molecular complexity index is 568. The normalized spacial score (nSPS) is 32.6. The van der Waals surface area contributed by atoms with Crippen molar-refractivity contribution in [1.82, 2.24) is 0 Å². The molecule has 2 aliphatic rings. The summed E-state index contributed by atoms with van der Waals surface area (Å²) in [5.74, 6) is -0.389. The standard InChI is InChI=1S/C17H22O5/c1-11-15-13(21-16(2,3)22-15)9-14(20-11)17(19,10-18)12-7-5-4-6-8-12/h4-9,11,13,15,18-19H,10H2,1-3H3/t11-,13+,15-,17-/m1/s1. The minimum absolute atomic E-state index is 0.225. The lowest BCUT2D eigenvalue weighted by Gasteiger charge is -2.36. The molecule has 1 fully saturated rings. The van der Waals surface area contributed by atoms with Gasteiger partial charge in [0.1, 0.15) is 24.1 Å². The number of benzene rings is 1. The first-order chi connectivity index (χ1) is 10.4. The number of rotatable bonds is 3. The average Bonchev–Trinajstić information content (AvgIpc) is 2.82. The van der Waals surface area contributed by atoms with Crippen LogP contribution in [0.5, 0.6) is 0 Å². The van der Waals surface area contributed by atoms with Gasteiger partial charge in [0.25, 0.3) is 0 Å². The molecule has 0 radical (unpaired) electrons. The van der Waals surface area contributed by atoms with Gasteiger partial charge in [0.2, 0.25) is 0 Å². The van der Waals surface area contributed by atoms with Crippen molar-refractivity contribution in [1.29, 1.82) is 0 Å². The first-order valence-electron chi connectivity index (χ1n) is 7.49. The van der Waals surface area contributed by atoms with Gasteiger partial charge < -0.3 is 24.4 Å². The fraction of sp³-hybridized carbons (Fsp3) is 0.529. The van der Waals surface area contributed by atoms with Crippen LogP contribution in [0.15, 0.2) is 42.2 Å². The molecule has 0 saturated carbocycles. The van der Waals surface area contributed by atoms with Gasteiger partial charge in [0.15, 0.2) is 11.4 Å². The summed E-state index contributed by atoms with van der Waals surface area (Å²) < 4.78 is 17.5. The summed E-state index contributed by atoms with van der Waals surface area (Å²) in [5.41, 5.74) is -1.01. The van der Waals surface area contributed by atoms with Gasteiger partial charge in [0.05, 0.1) is 6.61 Å². The van der Waals surface area contributed by atoms with Gasteiger partial charge in [-0.2, -0.15) is 0 Å². The van der Waals surface area contributed by atoms with Crippen LogP contribution in [0.2, 0.25) is 0 Å². The van der Waals surface area contributed by atoms with E-state index in [1.165, 1.54) is 0 Å². The summed E-state index contributed by atoms with van der Waals surface area (Å²) in [7, 11) is 0. The van der Waals surface area contributed by atoms with Crippen LogP contribution in [0.1, 0.15) is 26.3 Å². The molecule has 2 aliphatic heterocycles.